The smallest absolute Gasteiger partial charge is 0.0543 e. The Morgan fingerprint density at radius 1 is 0.328 bits per heavy atom. The Morgan fingerprint density at radius 2 is 0.836 bits per heavy atom. The molecule has 10 aromatic rings. The second-order valence-corrected chi connectivity index (χ2v) is 16.2. The first-order valence-corrected chi connectivity index (χ1v) is 21.2. The van der Waals surface area contributed by atoms with Gasteiger partial charge in [-0.1, -0.05) is 206 Å². The van der Waals surface area contributed by atoms with E-state index in [0.29, 0.717) is 0 Å². The predicted octanol–water partition coefficient (Wildman–Crippen LogP) is 16.3. The van der Waals surface area contributed by atoms with Crippen LogP contribution in [0.25, 0.3) is 66.4 Å². The summed E-state index contributed by atoms with van der Waals surface area (Å²) in [4.78, 5) is 2.46. The second kappa shape index (κ2) is 15.1. The zero-order valence-corrected chi connectivity index (χ0v) is 34.0. The molecule has 0 saturated heterocycles. The van der Waals surface area contributed by atoms with Crippen molar-refractivity contribution in [1.29, 1.82) is 0 Å². The Hall–Kier alpha value is -7.74. The lowest BCUT2D eigenvalue weighted by molar-refractivity contribution is 0.714. The maximum Gasteiger partial charge on any atom is 0.0543 e. The molecule has 288 valence electrons. The van der Waals surface area contributed by atoms with Crippen molar-refractivity contribution in [3.8, 4) is 55.6 Å². The monoisotopic (exact) mass is 777 g/mol. The molecule has 0 aliphatic heterocycles. The highest BCUT2D eigenvalue weighted by molar-refractivity contribution is 5.98. The third-order valence-corrected chi connectivity index (χ3v) is 12.8. The van der Waals surface area contributed by atoms with Gasteiger partial charge in [-0.2, -0.15) is 0 Å². The largest absolute Gasteiger partial charge is 0.310 e. The van der Waals surface area contributed by atoms with Crippen LogP contribution in [0.2, 0.25) is 0 Å². The standard InChI is InChI=1S/C60H43N/c1-60(50-23-6-3-7-24-50)56-29-11-10-27-55(56)59-57(60)30-15-31-58(59)61(52-25-13-22-49(41-52)48-21-12-20-47(40-48)42-16-4-2-5-17-42)51-38-36-44(37-39-51)43-32-34-46(35-33-43)54-28-14-19-45-18-8-9-26-53(45)54/h2-41H,1H3. The third kappa shape index (κ3) is 6.34. The Kier molecular flexibility index (Phi) is 9.02. The number of fused-ring (bicyclic) bond motifs is 4. The summed E-state index contributed by atoms with van der Waals surface area (Å²) in [5, 5.41) is 2.53. The summed E-state index contributed by atoms with van der Waals surface area (Å²) in [5.41, 5.74) is 19.2. The number of benzene rings is 10. The number of anilines is 3. The van der Waals surface area contributed by atoms with E-state index in [1.165, 1.54) is 83.1 Å². The van der Waals surface area contributed by atoms with Crippen LogP contribution < -0.4 is 4.90 Å². The zero-order chi connectivity index (χ0) is 40.8. The van der Waals surface area contributed by atoms with Crippen molar-refractivity contribution in [2.24, 2.45) is 0 Å². The molecule has 1 nitrogen and oxygen atoms in total. The molecule has 0 radical (unpaired) electrons. The Labute approximate surface area is 358 Å². The minimum absolute atomic E-state index is 0.309. The van der Waals surface area contributed by atoms with Gasteiger partial charge in [0.05, 0.1) is 5.69 Å². The average Bonchev–Trinajstić information content (AvgIpc) is 3.61. The molecule has 0 saturated carbocycles. The SMILES string of the molecule is CC1(c2ccccc2)c2ccccc2-c2c(N(c3ccc(-c4ccc(-c5cccc6ccccc56)cc4)cc3)c3cccc(-c4cccc(-c5ccccc5)c4)c3)cccc21. The van der Waals surface area contributed by atoms with Crippen LogP contribution in [0.1, 0.15) is 23.6 Å². The van der Waals surface area contributed by atoms with Crippen molar-refractivity contribution in [3.05, 3.63) is 259 Å². The molecule has 1 aliphatic carbocycles. The van der Waals surface area contributed by atoms with Crippen molar-refractivity contribution < 1.29 is 0 Å². The third-order valence-electron chi connectivity index (χ3n) is 12.8. The summed E-state index contributed by atoms with van der Waals surface area (Å²) in [6.07, 6.45) is 0. The topological polar surface area (TPSA) is 3.24 Å². The number of hydrogen-bond donors (Lipinski definition) is 0. The highest BCUT2D eigenvalue weighted by Crippen LogP contribution is 2.56. The molecule has 10 aromatic carbocycles. The van der Waals surface area contributed by atoms with E-state index >= 15 is 0 Å². The molecule has 0 amide bonds. The van der Waals surface area contributed by atoms with Crippen molar-refractivity contribution in [2.45, 2.75) is 12.3 Å². The van der Waals surface area contributed by atoms with Gasteiger partial charge in [0.1, 0.15) is 0 Å². The van der Waals surface area contributed by atoms with E-state index in [2.05, 4.69) is 254 Å². The van der Waals surface area contributed by atoms with Crippen LogP contribution in [-0.2, 0) is 5.41 Å². The van der Waals surface area contributed by atoms with Crippen LogP contribution in [0.5, 0.6) is 0 Å². The average molecular weight is 778 g/mol. The van der Waals surface area contributed by atoms with E-state index in [1.54, 1.807) is 0 Å². The molecule has 0 heterocycles. The van der Waals surface area contributed by atoms with Gasteiger partial charge in [-0.25, -0.2) is 0 Å². The normalized spacial score (nSPS) is 14.0. The molecule has 0 N–H and O–H groups in total. The Bertz CT molecular complexity index is 3180. The first-order chi connectivity index (χ1) is 30.1. The summed E-state index contributed by atoms with van der Waals surface area (Å²) in [6.45, 7) is 2.39. The molecule has 0 fully saturated rings. The van der Waals surface area contributed by atoms with Crippen LogP contribution >= 0.6 is 0 Å². The number of hydrogen-bond acceptors (Lipinski definition) is 1. The Morgan fingerprint density at radius 3 is 1.62 bits per heavy atom. The zero-order valence-electron chi connectivity index (χ0n) is 34.0. The predicted molar refractivity (Wildman–Crippen MR) is 258 cm³/mol. The van der Waals surface area contributed by atoms with Gasteiger partial charge in [0.15, 0.2) is 0 Å². The van der Waals surface area contributed by atoms with Gasteiger partial charge in [0.25, 0.3) is 0 Å². The number of nitrogens with zero attached hydrogens (tertiary/aromatic N) is 1. The maximum absolute atomic E-state index is 2.46. The quantitative estimate of drug-likeness (QED) is 0.149. The van der Waals surface area contributed by atoms with E-state index in [4.69, 9.17) is 0 Å². The molecular formula is C60H43N. The van der Waals surface area contributed by atoms with Crippen molar-refractivity contribution in [1.82, 2.24) is 0 Å². The minimum Gasteiger partial charge on any atom is -0.310 e. The van der Waals surface area contributed by atoms with Crippen molar-refractivity contribution in [2.75, 3.05) is 4.90 Å². The number of rotatable bonds is 8. The Balaban J connectivity index is 1.04. The molecule has 11 rings (SSSR count). The molecule has 1 atom stereocenters. The summed E-state index contributed by atoms with van der Waals surface area (Å²) in [5.74, 6) is 0. The fourth-order valence-electron chi connectivity index (χ4n) is 9.67. The lowest BCUT2D eigenvalue weighted by Gasteiger charge is -2.31. The highest BCUT2D eigenvalue weighted by atomic mass is 15.1. The first kappa shape index (κ1) is 36.3. The molecule has 1 unspecified atom stereocenters. The van der Waals surface area contributed by atoms with Gasteiger partial charge in [-0.05, 0) is 121 Å². The summed E-state index contributed by atoms with van der Waals surface area (Å²) < 4.78 is 0. The van der Waals surface area contributed by atoms with Crippen molar-refractivity contribution in [3.63, 3.8) is 0 Å². The highest BCUT2D eigenvalue weighted by Gasteiger charge is 2.42. The van der Waals surface area contributed by atoms with Crippen LogP contribution in [-0.4, -0.2) is 0 Å². The molecule has 1 heteroatoms. The van der Waals surface area contributed by atoms with E-state index < -0.39 is 0 Å². The van der Waals surface area contributed by atoms with Gasteiger partial charge in [-0.3, -0.25) is 0 Å². The van der Waals surface area contributed by atoms with E-state index in [-0.39, 0.29) is 5.41 Å². The van der Waals surface area contributed by atoms with E-state index in [0.717, 1.165) is 17.1 Å². The first-order valence-electron chi connectivity index (χ1n) is 21.2. The minimum atomic E-state index is -0.309. The van der Waals surface area contributed by atoms with Crippen molar-refractivity contribution >= 4 is 27.8 Å². The van der Waals surface area contributed by atoms with E-state index in [1.807, 2.05) is 0 Å². The van der Waals surface area contributed by atoms with Crippen LogP contribution in [0.3, 0.4) is 0 Å². The fourth-order valence-corrected chi connectivity index (χ4v) is 9.67. The lowest BCUT2D eigenvalue weighted by atomic mass is 9.74. The van der Waals surface area contributed by atoms with Crippen LogP contribution in [0.4, 0.5) is 17.1 Å². The molecule has 61 heavy (non-hydrogen) atoms. The molecular weight excluding hydrogens is 735 g/mol. The maximum atomic E-state index is 2.46. The van der Waals surface area contributed by atoms with Gasteiger partial charge >= 0.3 is 0 Å². The molecule has 0 aromatic heterocycles. The fraction of sp³-hybridized carbons (Fsp3) is 0.0333. The molecule has 0 bridgehead atoms. The summed E-state index contributed by atoms with van der Waals surface area (Å²) in [6, 6.07) is 88.7. The molecule has 0 spiro atoms. The van der Waals surface area contributed by atoms with Gasteiger partial charge in [0, 0.05) is 22.4 Å². The van der Waals surface area contributed by atoms with E-state index in [9.17, 15) is 0 Å². The van der Waals surface area contributed by atoms with Gasteiger partial charge in [0.2, 0.25) is 0 Å². The van der Waals surface area contributed by atoms with Gasteiger partial charge in [-0.15, -0.1) is 0 Å². The summed E-state index contributed by atoms with van der Waals surface area (Å²) in [7, 11) is 0. The van der Waals surface area contributed by atoms with Crippen LogP contribution in [0, 0.1) is 0 Å². The summed E-state index contributed by atoms with van der Waals surface area (Å²) >= 11 is 0. The van der Waals surface area contributed by atoms with Crippen LogP contribution in [0.15, 0.2) is 243 Å². The van der Waals surface area contributed by atoms with Gasteiger partial charge < -0.3 is 4.90 Å². The second-order valence-electron chi connectivity index (χ2n) is 16.2. The molecule has 1 aliphatic rings. The lowest BCUT2D eigenvalue weighted by Crippen LogP contribution is -2.22.